The molecule has 0 radical (unpaired) electrons. The van der Waals surface area contributed by atoms with Crippen LogP contribution in [-0.2, 0) is 0 Å². The van der Waals surface area contributed by atoms with E-state index in [1.807, 2.05) is 0 Å². The van der Waals surface area contributed by atoms with Gasteiger partial charge in [0.15, 0.2) is 0 Å². The number of nitrogens with two attached hydrogens (primary N) is 1. The first kappa shape index (κ1) is 10.0. The Bertz CT molecular complexity index is 418. The molecule has 3 N–H and O–H groups in total. The van der Waals surface area contributed by atoms with E-state index in [1.165, 1.54) is 12.1 Å². The van der Waals surface area contributed by atoms with Crippen molar-refractivity contribution in [1.29, 1.82) is 0 Å². The molecule has 1 aromatic rings. The average molecular weight is 192 g/mol. The van der Waals surface area contributed by atoms with Crippen molar-refractivity contribution in [2.75, 3.05) is 12.3 Å². The van der Waals surface area contributed by atoms with Crippen LogP contribution >= 0.6 is 0 Å². The van der Waals surface area contributed by atoms with Gasteiger partial charge in [-0.1, -0.05) is 11.8 Å². The number of hydrogen-bond acceptors (Lipinski definition) is 4. The van der Waals surface area contributed by atoms with E-state index in [-0.39, 0.29) is 18.0 Å². The van der Waals surface area contributed by atoms with Crippen LogP contribution in [0.2, 0.25) is 0 Å². The summed E-state index contributed by atoms with van der Waals surface area (Å²) >= 11 is 0. The van der Waals surface area contributed by atoms with Gasteiger partial charge >= 0.3 is 0 Å². The molecule has 0 bridgehead atoms. The van der Waals surface area contributed by atoms with Crippen LogP contribution in [0.3, 0.4) is 0 Å². The molecule has 0 spiro atoms. The zero-order valence-corrected chi connectivity index (χ0v) is 7.23. The number of aliphatic hydroxyl groups is 1. The molecule has 0 aliphatic carbocycles. The second kappa shape index (κ2) is 4.25. The van der Waals surface area contributed by atoms with Crippen LogP contribution < -0.4 is 5.73 Å². The van der Waals surface area contributed by atoms with E-state index < -0.39 is 4.92 Å². The summed E-state index contributed by atoms with van der Waals surface area (Å²) in [6.45, 7) is -0.280. The third kappa shape index (κ3) is 2.21. The summed E-state index contributed by atoms with van der Waals surface area (Å²) in [5.41, 5.74) is 5.77. The van der Waals surface area contributed by atoms with Gasteiger partial charge < -0.3 is 10.8 Å². The SMILES string of the molecule is Nc1ccc(C#CCO)cc1[N+](=O)[O-]. The largest absolute Gasteiger partial charge is 0.393 e. The molecular weight excluding hydrogens is 184 g/mol. The first-order valence-corrected chi connectivity index (χ1v) is 3.79. The predicted octanol–water partition coefficient (Wildman–Crippen LogP) is 0.521. The topological polar surface area (TPSA) is 89.4 Å². The Kier molecular flexibility index (Phi) is 3.05. The summed E-state index contributed by atoms with van der Waals surface area (Å²) in [4.78, 5) is 9.91. The van der Waals surface area contributed by atoms with Gasteiger partial charge in [-0.15, -0.1) is 0 Å². The maximum Gasteiger partial charge on any atom is 0.293 e. The number of nitro benzene ring substituents is 1. The molecule has 1 aromatic carbocycles. The van der Waals surface area contributed by atoms with E-state index in [2.05, 4.69) is 11.8 Å². The third-order valence-corrected chi connectivity index (χ3v) is 1.54. The lowest BCUT2D eigenvalue weighted by atomic mass is 10.2. The fourth-order valence-electron chi connectivity index (χ4n) is 0.921. The average Bonchev–Trinajstić information content (AvgIpc) is 2.16. The normalized spacial score (nSPS) is 8.93. The zero-order valence-electron chi connectivity index (χ0n) is 7.23. The summed E-state index contributed by atoms with van der Waals surface area (Å²) in [7, 11) is 0. The fraction of sp³-hybridized carbons (Fsp3) is 0.111. The van der Waals surface area contributed by atoms with Crippen molar-refractivity contribution in [3.63, 3.8) is 0 Å². The van der Waals surface area contributed by atoms with Gasteiger partial charge in [0.05, 0.1) is 4.92 Å². The molecule has 0 heterocycles. The Morgan fingerprint density at radius 2 is 2.29 bits per heavy atom. The fourth-order valence-corrected chi connectivity index (χ4v) is 0.921. The van der Waals surface area contributed by atoms with Gasteiger partial charge in [0.25, 0.3) is 5.69 Å². The van der Waals surface area contributed by atoms with Crippen molar-refractivity contribution in [3.8, 4) is 11.8 Å². The van der Waals surface area contributed by atoms with Gasteiger partial charge in [-0.25, -0.2) is 0 Å². The lowest BCUT2D eigenvalue weighted by Crippen LogP contribution is -1.95. The number of rotatable bonds is 1. The maximum atomic E-state index is 10.5. The van der Waals surface area contributed by atoms with Crippen molar-refractivity contribution >= 4 is 11.4 Å². The molecule has 0 atom stereocenters. The van der Waals surface area contributed by atoms with Crippen LogP contribution in [0.15, 0.2) is 18.2 Å². The third-order valence-electron chi connectivity index (χ3n) is 1.54. The van der Waals surface area contributed by atoms with E-state index >= 15 is 0 Å². The van der Waals surface area contributed by atoms with Crippen LogP contribution in [0, 0.1) is 22.0 Å². The second-order valence-corrected chi connectivity index (χ2v) is 2.49. The quantitative estimate of drug-likeness (QED) is 0.294. The minimum absolute atomic E-state index is 0.101. The summed E-state index contributed by atoms with van der Waals surface area (Å²) in [6.07, 6.45) is 0. The Morgan fingerprint density at radius 3 is 2.86 bits per heavy atom. The van der Waals surface area contributed by atoms with Gasteiger partial charge in [0.1, 0.15) is 12.3 Å². The lowest BCUT2D eigenvalue weighted by Gasteiger charge is -1.96. The molecule has 0 fully saturated rings. The number of nitro groups is 1. The van der Waals surface area contributed by atoms with Gasteiger partial charge in [-0.3, -0.25) is 10.1 Å². The Labute approximate surface area is 80.3 Å². The standard InChI is InChI=1S/C9H8N2O3/c10-8-4-3-7(2-1-5-12)6-9(8)11(13)14/h3-4,6,12H,5,10H2. The van der Waals surface area contributed by atoms with E-state index in [9.17, 15) is 10.1 Å². The molecule has 14 heavy (non-hydrogen) atoms. The summed E-state index contributed by atoms with van der Waals surface area (Å²) in [5, 5.41) is 18.9. The molecule has 0 aliphatic heterocycles. The number of nitrogens with zero attached hydrogens (tertiary/aromatic N) is 1. The Morgan fingerprint density at radius 1 is 1.57 bits per heavy atom. The second-order valence-electron chi connectivity index (χ2n) is 2.49. The van der Waals surface area contributed by atoms with Crippen molar-refractivity contribution in [3.05, 3.63) is 33.9 Å². The first-order chi connectivity index (χ1) is 6.65. The van der Waals surface area contributed by atoms with E-state index in [1.54, 1.807) is 6.07 Å². The number of benzene rings is 1. The number of nitrogen functional groups attached to an aromatic ring is 1. The summed E-state index contributed by atoms with van der Waals surface area (Å²) in [6, 6.07) is 4.25. The van der Waals surface area contributed by atoms with Gasteiger partial charge in [-0.05, 0) is 12.1 Å². The van der Waals surface area contributed by atoms with Gasteiger partial charge in [0.2, 0.25) is 0 Å². The Balaban J connectivity index is 3.13. The molecule has 72 valence electrons. The van der Waals surface area contributed by atoms with Gasteiger partial charge in [0, 0.05) is 11.6 Å². The molecule has 0 saturated carbocycles. The first-order valence-electron chi connectivity index (χ1n) is 3.79. The smallest absolute Gasteiger partial charge is 0.293 e. The lowest BCUT2D eigenvalue weighted by molar-refractivity contribution is -0.383. The van der Waals surface area contributed by atoms with Gasteiger partial charge in [-0.2, -0.15) is 0 Å². The van der Waals surface area contributed by atoms with E-state index in [0.29, 0.717) is 5.56 Å². The molecule has 5 nitrogen and oxygen atoms in total. The van der Waals surface area contributed by atoms with Crippen LogP contribution in [0.1, 0.15) is 5.56 Å². The molecule has 1 rings (SSSR count). The number of anilines is 1. The summed E-state index contributed by atoms with van der Waals surface area (Å²) < 4.78 is 0. The molecule has 0 aromatic heterocycles. The highest BCUT2D eigenvalue weighted by atomic mass is 16.6. The molecule has 0 saturated heterocycles. The van der Waals surface area contributed by atoms with Crippen molar-refractivity contribution < 1.29 is 10.0 Å². The molecule has 5 heteroatoms. The number of aliphatic hydroxyl groups excluding tert-OH is 1. The highest BCUT2D eigenvalue weighted by Gasteiger charge is 2.10. The van der Waals surface area contributed by atoms with Crippen molar-refractivity contribution in [2.45, 2.75) is 0 Å². The molecule has 0 amide bonds. The van der Waals surface area contributed by atoms with Crippen LogP contribution in [0.25, 0.3) is 0 Å². The minimum atomic E-state index is -0.570. The van der Waals surface area contributed by atoms with Crippen molar-refractivity contribution in [2.24, 2.45) is 0 Å². The maximum absolute atomic E-state index is 10.5. The van der Waals surface area contributed by atoms with Crippen LogP contribution in [-0.4, -0.2) is 16.6 Å². The monoisotopic (exact) mass is 192 g/mol. The highest BCUT2D eigenvalue weighted by molar-refractivity contribution is 5.61. The summed E-state index contributed by atoms with van der Waals surface area (Å²) in [5.74, 6) is 4.95. The minimum Gasteiger partial charge on any atom is -0.393 e. The van der Waals surface area contributed by atoms with Crippen LogP contribution in [0.5, 0.6) is 0 Å². The predicted molar refractivity (Wildman–Crippen MR) is 51.5 cm³/mol. The Hall–Kier alpha value is -2.06. The molecular formula is C9H8N2O3. The van der Waals surface area contributed by atoms with Crippen molar-refractivity contribution in [1.82, 2.24) is 0 Å². The number of hydrogen-bond donors (Lipinski definition) is 2. The molecule has 0 aliphatic rings. The molecule has 0 unspecified atom stereocenters. The highest BCUT2D eigenvalue weighted by Crippen LogP contribution is 2.21. The van der Waals surface area contributed by atoms with Crippen LogP contribution in [0.4, 0.5) is 11.4 Å². The zero-order chi connectivity index (χ0) is 10.6. The van der Waals surface area contributed by atoms with E-state index in [4.69, 9.17) is 10.8 Å². The van der Waals surface area contributed by atoms with E-state index in [0.717, 1.165) is 0 Å².